The van der Waals surface area contributed by atoms with Gasteiger partial charge in [0.05, 0.1) is 7.11 Å². The van der Waals surface area contributed by atoms with Gasteiger partial charge in [-0.2, -0.15) is 0 Å². The van der Waals surface area contributed by atoms with Gasteiger partial charge < -0.3 is 10.5 Å². The molecule has 2 unspecified atom stereocenters. The van der Waals surface area contributed by atoms with Crippen molar-refractivity contribution in [3.63, 3.8) is 0 Å². The zero-order valence-electron chi connectivity index (χ0n) is 9.79. The van der Waals surface area contributed by atoms with Crippen molar-refractivity contribution in [2.24, 2.45) is 5.73 Å². The Labute approximate surface area is 95.6 Å². The van der Waals surface area contributed by atoms with E-state index in [0.717, 1.165) is 11.3 Å². The standard InChI is InChI=1S/C13H18FNO/c1-12(14)7-8-13(15,9-12)10-3-5-11(16-2)6-4-10/h3-6H,7-9,15H2,1-2H3. The average Bonchev–Trinajstić information content (AvgIpc) is 2.54. The van der Waals surface area contributed by atoms with E-state index in [1.807, 2.05) is 24.3 Å². The normalized spacial score (nSPS) is 34.0. The van der Waals surface area contributed by atoms with Crippen LogP contribution >= 0.6 is 0 Å². The van der Waals surface area contributed by atoms with Crippen LogP contribution in [0.25, 0.3) is 0 Å². The first-order chi connectivity index (χ1) is 7.45. The van der Waals surface area contributed by atoms with Gasteiger partial charge in [-0.1, -0.05) is 12.1 Å². The SMILES string of the molecule is COc1ccc(C2(N)CCC(C)(F)C2)cc1. The molecule has 0 saturated heterocycles. The first-order valence-corrected chi connectivity index (χ1v) is 5.58. The summed E-state index contributed by atoms with van der Waals surface area (Å²) in [6, 6.07) is 7.61. The molecule has 0 bridgehead atoms. The quantitative estimate of drug-likeness (QED) is 0.836. The van der Waals surface area contributed by atoms with Crippen LogP contribution in [0.4, 0.5) is 4.39 Å². The zero-order valence-corrected chi connectivity index (χ0v) is 9.79. The minimum atomic E-state index is -1.13. The van der Waals surface area contributed by atoms with Crippen molar-refractivity contribution >= 4 is 0 Å². The van der Waals surface area contributed by atoms with Crippen LogP contribution in [0.1, 0.15) is 31.7 Å². The highest BCUT2D eigenvalue weighted by molar-refractivity contribution is 5.33. The summed E-state index contributed by atoms with van der Waals surface area (Å²) in [5.41, 5.74) is 5.61. The molecule has 1 aliphatic rings. The van der Waals surface area contributed by atoms with E-state index in [9.17, 15) is 4.39 Å². The van der Waals surface area contributed by atoms with Gasteiger partial charge in [0, 0.05) is 12.0 Å². The molecule has 0 heterocycles. The number of benzene rings is 1. The second-order valence-electron chi connectivity index (χ2n) is 4.97. The summed E-state index contributed by atoms with van der Waals surface area (Å²) in [4.78, 5) is 0. The van der Waals surface area contributed by atoms with Crippen molar-refractivity contribution in [2.75, 3.05) is 7.11 Å². The molecule has 2 nitrogen and oxygen atoms in total. The molecule has 1 aliphatic carbocycles. The number of nitrogens with two attached hydrogens (primary N) is 1. The van der Waals surface area contributed by atoms with E-state index in [1.54, 1.807) is 14.0 Å². The first-order valence-electron chi connectivity index (χ1n) is 5.58. The summed E-state index contributed by atoms with van der Waals surface area (Å²) in [5.74, 6) is 0.799. The predicted molar refractivity (Wildman–Crippen MR) is 62.2 cm³/mol. The molecule has 3 heteroatoms. The highest BCUT2D eigenvalue weighted by atomic mass is 19.1. The fourth-order valence-electron chi connectivity index (χ4n) is 2.49. The van der Waals surface area contributed by atoms with Crippen LogP contribution in [0.3, 0.4) is 0 Å². The monoisotopic (exact) mass is 223 g/mol. The van der Waals surface area contributed by atoms with Crippen molar-refractivity contribution in [1.82, 2.24) is 0 Å². The third-order valence-corrected chi connectivity index (χ3v) is 3.44. The van der Waals surface area contributed by atoms with Crippen LogP contribution in [0.15, 0.2) is 24.3 Å². The van der Waals surface area contributed by atoms with Gasteiger partial charge in [0.25, 0.3) is 0 Å². The average molecular weight is 223 g/mol. The van der Waals surface area contributed by atoms with E-state index in [1.165, 1.54) is 0 Å². The Kier molecular flexibility index (Phi) is 2.66. The molecule has 1 aromatic rings. The molecule has 0 aliphatic heterocycles. The summed E-state index contributed by atoms with van der Waals surface area (Å²) >= 11 is 0. The smallest absolute Gasteiger partial charge is 0.118 e. The lowest BCUT2D eigenvalue weighted by molar-refractivity contribution is 0.187. The molecule has 1 aromatic carbocycles. The van der Waals surface area contributed by atoms with Gasteiger partial charge in [-0.25, -0.2) is 4.39 Å². The molecule has 0 spiro atoms. The van der Waals surface area contributed by atoms with Crippen LogP contribution in [0, 0.1) is 0 Å². The van der Waals surface area contributed by atoms with Gasteiger partial charge in [-0.05, 0) is 37.5 Å². The van der Waals surface area contributed by atoms with Crippen molar-refractivity contribution in [2.45, 2.75) is 37.4 Å². The minimum Gasteiger partial charge on any atom is -0.497 e. The number of hydrogen-bond acceptors (Lipinski definition) is 2. The Morgan fingerprint density at radius 3 is 2.31 bits per heavy atom. The molecule has 88 valence electrons. The maximum atomic E-state index is 13.8. The van der Waals surface area contributed by atoms with E-state index < -0.39 is 11.2 Å². The van der Waals surface area contributed by atoms with Gasteiger partial charge in [-0.3, -0.25) is 0 Å². The largest absolute Gasteiger partial charge is 0.497 e. The molecule has 0 amide bonds. The van der Waals surface area contributed by atoms with Crippen molar-refractivity contribution < 1.29 is 9.13 Å². The molecule has 2 atom stereocenters. The number of hydrogen-bond donors (Lipinski definition) is 1. The Morgan fingerprint density at radius 2 is 1.88 bits per heavy atom. The van der Waals surface area contributed by atoms with Crippen LogP contribution in [-0.2, 0) is 5.54 Å². The van der Waals surface area contributed by atoms with Gasteiger partial charge in [-0.15, -0.1) is 0 Å². The van der Waals surface area contributed by atoms with E-state index in [0.29, 0.717) is 19.3 Å². The van der Waals surface area contributed by atoms with Crippen LogP contribution in [0.2, 0.25) is 0 Å². The molecule has 2 N–H and O–H groups in total. The fraction of sp³-hybridized carbons (Fsp3) is 0.538. The van der Waals surface area contributed by atoms with Crippen LogP contribution in [0.5, 0.6) is 5.75 Å². The van der Waals surface area contributed by atoms with Crippen molar-refractivity contribution in [3.05, 3.63) is 29.8 Å². The summed E-state index contributed by atoms with van der Waals surface area (Å²) in [5, 5.41) is 0. The highest BCUT2D eigenvalue weighted by Crippen LogP contribution is 2.44. The van der Waals surface area contributed by atoms with Crippen molar-refractivity contribution in [1.29, 1.82) is 0 Å². The Balaban J connectivity index is 2.23. The lowest BCUT2D eigenvalue weighted by Gasteiger charge is -2.25. The van der Waals surface area contributed by atoms with E-state index in [4.69, 9.17) is 10.5 Å². The van der Waals surface area contributed by atoms with Gasteiger partial charge in [0.15, 0.2) is 0 Å². The lowest BCUT2D eigenvalue weighted by atomic mass is 9.88. The maximum Gasteiger partial charge on any atom is 0.118 e. The second kappa shape index (κ2) is 3.74. The third-order valence-electron chi connectivity index (χ3n) is 3.44. The van der Waals surface area contributed by atoms with Crippen molar-refractivity contribution in [3.8, 4) is 5.75 Å². The summed E-state index contributed by atoms with van der Waals surface area (Å²) in [6.45, 7) is 1.63. The second-order valence-corrected chi connectivity index (χ2v) is 4.97. The molecule has 0 radical (unpaired) electrons. The molecule has 0 aromatic heterocycles. The molecular weight excluding hydrogens is 205 g/mol. The summed E-state index contributed by atoms with van der Waals surface area (Å²) in [7, 11) is 1.63. The Morgan fingerprint density at radius 1 is 1.25 bits per heavy atom. The van der Waals surface area contributed by atoms with Gasteiger partial charge >= 0.3 is 0 Å². The zero-order chi connectivity index (χ0) is 11.8. The number of halogens is 1. The number of ether oxygens (including phenoxy) is 1. The van der Waals surface area contributed by atoms with Crippen LogP contribution < -0.4 is 10.5 Å². The molecule has 2 rings (SSSR count). The van der Waals surface area contributed by atoms with E-state index in [2.05, 4.69) is 0 Å². The topological polar surface area (TPSA) is 35.2 Å². The fourth-order valence-corrected chi connectivity index (χ4v) is 2.49. The van der Waals surface area contributed by atoms with E-state index >= 15 is 0 Å². The van der Waals surface area contributed by atoms with E-state index in [-0.39, 0.29) is 0 Å². The molecule has 1 fully saturated rings. The molecule has 1 saturated carbocycles. The maximum absolute atomic E-state index is 13.8. The number of rotatable bonds is 2. The summed E-state index contributed by atoms with van der Waals surface area (Å²) < 4.78 is 18.9. The number of alkyl halides is 1. The summed E-state index contributed by atoms with van der Waals surface area (Å²) in [6.07, 6.45) is 1.63. The number of methoxy groups -OCH3 is 1. The highest BCUT2D eigenvalue weighted by Gasteiger charge is 2.44. The third kappa shape index (κ3) is 2.05. The minimum absolute atomic E-state index is 0.395. The lowest BCUT2D eigenvalue weighted by Crippen LogP contribution is -2.35. The Bertz CT molecular complexity index is 374. The van der Waals surface area contributed by atoms with Gasteiger partial charge in [0.1, 0.15) is 11.4 Å². The van der Waals surface area contributed by atoms with Crippen LogP contribution in [-0.4, -0.2) is 12.8 Å². The first kappa shape index (κ1) is 11.4. The molecular formula is C13H18FNO. The van der Waals surface area contributed by atoms with Gasteiger partial charge in [0.2, 0.25) is 0 Å². The Hall–Kier alpha value is -1.09. The molecule has 16 heavy (non-hydrogen) atoms. The predicted octanol–water partition coefficient (Wildman–Crippen LogP) is 2.76.